The van der Waals surface area contributed by atoms with Crippen LogP contribution in [-0.4, -0.2) is 34.9 Å². The maximum Gasteiger partial charge on any atom is 0.247 e. The predicted molar refractivity (Wildman–Crippen MR) is 93.7 cm³/mol. The number of nitrogens with zero attached hydrogens (tertiary/aromatic N) is 4. The van der Waals surface area contributed by atoms with Gasteiger partial charge in [-0.1, -0.05) is 37.3 Å². The summed E-state index contributed by atoms with van der Waals surface area (Å²) in [5.41, 5.74) is 2.29. The molecular weight excluding hydrogens is 324 g/mol. The molecule has 0 aliphatic carbocycles. The molecule has 1 aliphatic rings. The average Bonchev–Trinajstić information content (AvgIpc) is 3.23. The summed E-state index contributed by atoms with van der Waals surface area (Å²) in [7, 11) is 0. The van der Waals surface area contributed by atoms with Gasteiger partial charge in [0.1, 0.15) is 0 Å². The fourth-order valence-electron chi connectivity index (χ4n) is 2.79. The topological polar surface area (TPSA) is 64.3 Å². The maximum atomic E-state index is 5.85. The number of fused-ring (bicyclic) bond motifs is 1. The molecule has 0 radical (unpaired) electrons. The molecule has 0 amide bonds. The highest BCUT2D eigenvalue weighted by Gasteiger charge is 2.28. The minimum Gasteiger partial charge on any atom is -0.422 e. The van der Waals surface area contributed by atoms with Gasteiger partial charge in [-0.05, 0) is 18.6 Å². The summed E-state index contributed by atoms with van der Waals surface area (Å²) in [6, 6.07) is 6.29. The summed E-state index contributed by atoms with van der Waals surface area (Å²) in [5.74, 6) is 1.43. The van der Waals surface area contributed by atoms with Crippen molar-refractivity contribution in [3.05, 3.63) is 35.5 Å². The summed E-state index contributed by atoms with van der Waals surface area (Å²) in [4.78, 5) is 7.07. The van der Waals surface area contributed by atoms with Gasteiger partial charge in [0.2, 0.25) is 11.8 Å². The van der Waals surface area contributed by atoms with Crippen LogP contribution >= 0.6 is 11.3 Å². The molecule has 3 aromatic rings. The molecular formula is C17H20N4O2S. The van der Waals surface area contributed by atoms with Gasteiger partial charge in [-0.2, -0.15) is 0 Å². The van der Waals surface area contributed by atoms with Crippen LogP contribution in [0.5, 0.6) is 0 Å². The monoisotopic (exact) mass is 344 g/mol. The van der Waals surface area contributed by atoms with E-state index < -0.39 is 0 Å². The summed E-state index contributed by atoms with van der Waals surface area (Å²) in [6.07, 6.45) is -0.202. The summed E-state index contributed by atoms with van der Waals surface area (Å²) in [5, 5.41) is 9.29. The molecule has 6 nitrogen and oxygen atoms in total. The number of ether oxygens (including phenoxy) is 1. The fourth-order valence-corrected chi connectivity index (χ4v) is 3.87. The molecule has 1 unspecified atom stereocenters. The summed E-state index contributed by atoms with van der Waals surface area (Å²) in [6.45, 7) is 8.29. The van der Waals surface area contributed by atoms with E-state index in [2.05, 4.69) is 40.2 Å². The Morgan fingerprint density at radius 1 is 1.29 bits per heavy atom. The van der Waals surface area contributed by atoms with Gasteiger partial charge in [-0.25, -0.2) is 4.98 Å². The van der Waals surface area contributed by atoms with Gasteiger partial charge in [0.25, 0.3) is 0 Å². The molecule has 1 fully saturated rings. The third-order valence-corrected chi connectivity index (χ3v) is 5.25. The molecule has 1 saturated heterocycles. The zero-order valence-electron chi connectivity index (χ0n) is 14.0. The number of aryl methyl sites for hydroxylation is 1. The van der Waals surface area contributed by atoms with Gasteiger partial charge in [0, 0.05) is 12.5 Å². The number of anilines is 1. The molecule has 1 aliphatic heterocycles. The van der Waals surface area contributed by atoms with Gasteiger partial charge in [0.15, 0.2) is 11.2 Å². The second-order valence-corrected chi connectivity index (χ2v) is 7.37. The summed E-state index contributed by atoms with van der Waals surface area (Å²) < 4.78 is 12.8. The minimum absolute atomic E-state index is 0.202. The average molecular weight is 344 g/mol. The smallest absolute Gasteiger partial charge is 0.247 e. The SMILES string of the molecule is Cc1cccc2sc(N3CCOC(c4nnc(C(C)C)o4)C3)nc12. The lowest BCUT2D eigenvalue weighted by Crippen LogP contribution is -2.38. The lowest BCUT2D eigenvalue weighted by molar-refractivity contribution is 0.0213. The van der Waals surface area contributed by atoms with Crippen molar-refractivity contribution in [3.8, 4) is 0 Å². The van der Waals surface area contributed by atoms with Crippen LogP contribution in [0.2, 0.25) is 0 Å². The van der Waals surface area contributed by atoms with Gasteiger partial charge >= 0.3 is 0 Å². The van der Waals surface area contributed by atoms with Gasteiger partial charge < -0.3 is 14.1 Å². The van der Waals surface area contributed by atoms with Crippen molar-refractivity contribution in [2.45, 2.75) is 32.8 Å². The van der Waals surface area contributed by atoms with Gasteiger partial charge in [-0.15, -0.1) is 10.2 Å². The van der Waals surface area contributed by atoms with Crippen LogP contribution in [0, 0.1) is 6.92 Å². The van der Waals surface area contributed by atoms with Gasteiger partial charge in [0.05, 0.1) is 23.4 Å². The molecule has 1 aromatic carbocycles. The normalized spacial score (nSPS) is 18.7. The van der Waals surface area contributed by atoms with Crippen molar-refractivity contribution >= 4 is 26.7 Å². The van der Waals surface area contributed by atoms with E-state index in [4.69, 9.17) is 14.1 Å². The van der Waals surface area contributed by atoms with Crippen LogP contribution in [-0.2, 0) is 4.74 Å². The first-order valence-electron chi connectivity index (χ1n) is 8.18. The molecule has 24 heavy (non-hydrogen) atoms. The second-order valence-electron chi connectivity index (χ2n) is 6.36. The Morgan fingerprint density at radius 2 is 2.17 bits per heavy atom. The Balaban J connectivity index is 1.58. The molecule has 7 heteroatoms. The van der Waals surface area contributed by atoms with Crippen LogP contribution in [0.4, 0.5) is 5.13 Å². The minimum atomic E-state index is -0.202. The number of aromatic nitrogens is 3. The zero-order valence-corrected chi connectivity index (χ0v) is 14.8. The molecule has 0 saturated carbocycles. The van der Waals surface area contributed by atoms with E-state index in [1.165, 1.54) is 10.3 Å². The Kier molecular flexibility index (Phi) is 3.97. The molecule has 4 rings (SSSR count). The highest BCUT2D eigenvalue weighted by Crippen LogP contribution is 2.33. The van der Waals surface area contributed by atoms with E-state index in [-0.39, 0.29) is 12.0 Å². The van der Waals surface area contributed by atoms with Crippen molar-refractivity contribution in [3.63, 3.8) is 0 Å². The van der Waals surface area contributed by atoms with Crippen molar-refractivity contribution in [2.24, 2.45) is 0 Å². The van der Waals surface area contributed by atoms with E-state index in [0.717, 1.165) is 17.2 Å². The molecule has 0 N–H and O–H groups in total. The van der Waals surface area contributed by atoms with Crippen LogP contribution in [0.1, 0.15) is 43.2 Å². The van der Waals surface area contributed by atoms with E-state index in [9.17, 15) is 0 Å². The molecule has 0 bridgehead atoms. The molecule has 1 atom stereocenters. The van der Waals surface area contributed by atoms with Crippen molar-refractivity contribution in [1.29, 1.82) is 0 Å². The van der Waals surface area contributed by atoms with Crippen LogP contribution in [0.3, 0.4) is 0 Å². The third kappa shape index (κ3) is 2.78. The molecule has 3 heterocycles. The largest absolute Gasteiger partial charge is 0.422 e. The number of para-hydroxylation sites is 1. The number of thiazole rings is 1. The van der Waals surface area contributed by atoms with E-state index in [1.54, 1.807) is 11.3 Å². The first kappa shape index (κ1) is 15.5. The summed E-state index contributed by atoms with van der Waals surface area (Å²) >= 11 is 1.72. The number of hydrogen-bond donors (Lipinski definition) is 0. The predicted octanol–water partition coefficient (Wildman–Crippen LogP) is 3.69. The number of morpholine rings is 1. The standard InChI is InChI=1S/C17H20N4O2S/c1-10(2)15-19-20-16(23-15)12-9-21(7-8-22-12)17-18-14-11(3)5-4-6-13(14)24-17/h4-6,10,12H,7-9H2,1-3H3. The number of rotatable bonds is 3. The Morgan fingerprint density at radius 3 is 2.92 bits per heavy atom. The molecule has 0 spiro atoms. The molecule has 2 aromatic heterocycles. The lowest BCUT2D eigenvalue weighted by atomic mass is 10.2. The number of hydrogen-bond acceptors (Lipinski definition) is 7. The van der Waals surface area contributed by atoms with Crippen molar-refractivity contribution < 1.29 is 9.15 Å². The fraction of sp³-hybridized carbons (Fsp3) is 0.471. The van der Waals surface area contributed by atoms with Crippen molar-refractivity contribution in [2.75, 3.05) is 24.6 Å². The first-order valence-corrected chi connectivity index (χ1v) is 8.99. The van der Waals surface area contributed by atoms with Crippen LogP contribution < -0.4 is 4.90 Å². The highest BCUT2D eigenvalue weighted by atomic mass is 32.1. The Labute approximate surface area is 144 Å². The van der Waals surface area contributed by atoms with Gasteiger partial charge in [-0.3, -0.25) is 0 Å². The van der Waals surface area contributed by atoms with E-state index >= 15 is 0 Å². The molecule has 126 valence electrons. The Bertz CT molecular complexity index is 857. The van der Waals surface area contributed by atoms with E-state index in [1.807, 2.05) is 13.8 Å². The quantitative estimate of drug-likeness (QED) is 0.722. The second kappa shape index (κ2) is 6.14. The van der Waals surface area contributed by atoms with Crippen LogP contribution in [0.25, 0.3) is 10.2 Å². The van der Waals surface area contributed by atoms with Crippen molar-refractivity contribution in [1.82, 2.24) is 15.2 Å². The zero-order chi connectivity index (χ0) is 16.7. The number of benzene rings is 1. The Hall–Kier alpha value is -1.99. The van der Waals surface area contributed by atoms with E-state index in [0.29, 0.717) is 24.9 Å². The third-order valence-electron chi connectivity index (χ3n) is 4.17. The lowest BCUT2D eigenvalue weighted by Gasteiger charge is -2.30. The highest BCUT2D eigenvalue weighted by molar-refractivity contribution is 7.22. The maximum absolute atomic E-state index is 5.85. The van der Waals surface area contributed by atoms with Crippen LogP contribution in [0.15, 0.2) is 22.6 Å². The first-order chi connectivity index (χ1) is 11.6.